The number of rotatable bonds is 5. The molecule has 5 nitrogen and oxygen atoms in total. The van der Waals surface area contributed by atoms with E-state index in [0.717, 1.165) is 37.7 Å². The maximum Gasteiger partial charge on any atom is 0.129 e. The van der Waals surface area contributed by atoms with Crippen molar-refractivity contribution in [2.45, 2.75) is 38.3 Å². The monoisotopic (exact) mass is 375 g/mol. The van der Waals surface area contributed by atoms with Crippen molar-refractivity contribution in [3.8, 4) is 6.07 Å². The molecule has 28 heavy (non-hydrogen) atoms. The van der Waals surface area contributed by atoms with Crippen LogP contribution in [0.3, 0.4) is 0 Å². The highest BCUT2D eigenvalue weighted by atomic mass is 15.3. The van der Waals surface area contributed by atoms with Gasteiger partial charge in [-0.25, -0.2) is 4.98 Å². The van der Waals surface area contributed by atoms with Crippen LogP contribution in [0.1, 0.15) is 36.9 Å². The lowest BCUT2D eigenvalue weighted by Crippen LogP contribution is -2.45. The summed E-state index contributed by atoms with van der Waals surface area (Å²) in [6.45, 7) is 4.77. The highest BCUT2D eigenvalue weighted by molar-refractivity contribution is 5.51. The summed E-state index contributed by atoms with van der Waals surface area (Å²) in [5, 5.41) is 9.67. The maximum absolute atomic E-state index is 9.67. The van der Waals surface area contributed by atoms with Gasteiger partial charge in [0.05, 0.1) is 17.8 Å². The first-order valence-electron chi connectivity index (χ1n) is 10.4. The Morgan fingerprint density at radius 3 is 2.43 bits per heavy atom. The molecule has 5 heteroatoms. The van der Waals surface area contributed by atoms with Gasteiger partial charge >= 0.3 is 0 Å². The van der Waals surface area contributed by atoms with Crippen LogP contribution in [-0.4, -0.2) is 49.2 Å². The third-order valence-electron chi connectivity index (χ3n) is 6.08. The number of hydrogen-bond donors (Lipinski definition) is 0. The second-order valence-corrected chi connectivity index (χ2v) is 7.97. The van der Waals surface area contributed by atoms with Gasteiger partial charge in [-0.1, -0.05) is 31.0 Å². The van der Waals surface area contributed by atoms with Crippen molar-refractivity contribution >= 4 is 11.5 Å². The zero-order valence-corrected chi connectivity index (χ0v) is 16.7. The number of nitrogens with zero attached hydrogens (tertiary/aromatic N) is 5. The molecule has 2 aliphatic rings. The number of hydrogen-bond acceptors (Lipinski definition) is 5. The van der Waals surface area contributed by atoms with Crippen LogP contribution in [0.15, 0.2) is 42.5 Å². The summed E-state index contributed by atoms with van der Waals surface area (Å²) >= 11 is 0. The zero-order valence-electron chi connectivity index (χ0n) is 16.7. The summed E-state index contributed by atoms with van der Waals surface area (Å²) in [7, 11) is 2.16. The molecule has 4 rings (SSSR count). The lowest BCUT2D eigenvalue weighted by atomic mass is 10.1. The number of aromatic nitrogens is 1. The molecule has 1 saturated heterocycles. The van der Waals surface area contributed by atoms with Crippen LogP contribution >= 0.6 is 0 Å². The van der Waals surface area contributed by atoms with E-state index in [0.29, 0.717) is 18.2 Å². The van der Waals surface area contributed by atoms with Gasteiger partial charge in [0.25, 0.3) is 0 Å². The normalized spacial score (nSPS) is 18.2. The van der Waals surface area contributed by atoms with Crippen molar-refractivity contribution < 1.29 is 0 Å². The fraction of sp³-hybridized carbons (Fsp3) is 0.478. The van der Waals surface area contributed by atoms with Crippen molar-refractivity contribution in [1.82, 2.24) is 9.88 Å². The van der Waals surface area contributed by atoms with Gasteiger partial charge in [0, 0.05) is 37.9 Å². The first kappa shape index (κ1) is 18.8. The molecule has 1 aromatic heterocycles. The maximum atomic E-state index is 9.67. The fourth-order valence-corrected chi connectivity index (χ4v) is 4.35. The van der Waals surface area contributed by atoms with Gasteiger partial charge in [0.15, 0.2) is 0 Å². The third kappa shape index (κ3) is 4.13. The molecule has 1 aromatic carbocycles. The van der Waals surface area contributed by atoms with Crippen molar-refractivity contribution in [3.63, 3.8) is 0 Å². The van der Waals surface area contributed by atoms with Crippen LogP contribution in [0.5, 0.6) is 0 Å². The molecule has 2 heterocycles. The van der Waals surface area contributed by atoms with Gasteiger partial charge in [-0.05, 0) is 44.2 Å². The van der Waals surface area contributed by atoms with Gasteiger partial charge in [-0.15, -0.1) is 0 Å². The van der Waals surface area contributed by atoms with E-state index >= 15 is 0 Å². The molecule has 0 unspecified atom stereocenters. The average Bonchev–Trinajstić information content (AvgIpc) is 3.27. The Hall–Kier alpha value is -2.58. The average molecular weight is 376 g/mol. The molecule has 1 saturated carbocycles. The van der Waals surface area contributed by atoms with Crippen LogP contribution in [0.4, 0.5) is 11.5 Å². The zero-order chi connectivity index (χ0) is 19.3. The van der Waals surface area contributed by atoms with E-state index in [-0.39, 0.29) is 0 Å². The highest BCUT2D eigenvalue weighted by Crippen LogP contribution is 2.30. The van der Waals surface area contributed by atoms with E-state index in [1.165, 1.54) is 31.4 Å². The number of nitriles is 1. The Bertz CT molecular complexity index is 815. The summed E-state index contributed by atoms with van der Waals surface area (Å²) in [6.07, 6.45) is 5.01. The van der Waals surface area contributed by atoms with Crippen LogP contribution in [0, 0.1) is 11.3 Å². The quantitative estimate of drug-likeness (QED) is 0.798. The predicted molar refractivity (Wildman–Crippen MR) is 114 cm³/mol. The Balaban J connectivity index is 1.62. The van der Waals surface area contributed by atoms with Crippen molar-refractivity contribution in [2.24, 2.45) is 0 Å². The molecule has 2 fully saturated rings. The van der Waals surface area contributed by atoms with E-state index in [1.54, 1.807) is 0 Å². The summed E-state index contributed by atoms with van der Waals surface area (Å²) in [5.41, 5.74) is 2.82. The van der Waals surface area contributed by atoms with E-state index in [1.807, 2.05) is 12.1 Å². The predicted octanol–water partition coefficient (Wildman–Crippen LogP) is 3.65. The molecule has 0 N–H and O–H groups in total. The minimum Gasteiger partial charge on any atom is -0.363 e. The molecule has 2 aromatic rings. The lowest BCUT2D eigenvalue weighted by molar-refractivity contribution is 0.312. The van der Waals surface area contributed by atoms with Gasteiger partial charge in [0.2, 0.25) is 0 Å². The second-order valence-electron chi connectivity index (χ2n) is 7.97. The molecule has 1 aliphatic carbocycles. The minimum absolute atomic E-state index is 0.531. The van der Waals surface area contributed by atoms with Crippen LogP contribution in [0.25, 0.3) is 0 Å². The largest absolute Gasteiger partial charge is 0.363 e. The van der Waals surface area contributed by atoms with Gasteiger partial charge in [-0.3, -0.25) is 0 Å². The summed E-state index contributed by atoms with van der Waals surface area (Å²) in [5.74, 6) is 1.00. The van der Waals surface area contributed by atoms with E-state index in [4.69, 9.17) is 4.98 Å². The Kier molecular flexibility index (Phi) is 5.78. The van der Waals surface area contributed by atoms with Gasteiger partial charge < -0.3 is 14.7 Å². The van der Waals surface area contributed by atoms with Crippen LogP contribution in [-0.2, 0) is 6.54 Å². The summed E-state index contributed by atoms with van der Waals surface area (Å²) < 4.78 is 0. The highest BCUT2D eigenvalue weighted by Gasteiger charge is 2.25. The molecule has 0 bridgehead atoms. The van der Waals surface area contributed by atoms with Crippen LogP contribution < -0.4 is 9.80 Å². The minimum atomic E-state index is 0.531. The van der Waals surface area contributed by atoms with E-state index < -0.39 is 0 Å². The first-order chi connectivity index (χ1) is 13.7. The number of pyridine rings is 1. The number of para-hydroxylation sites is 1. The standard InChI is InChI=1S/C23H29N5/c1-26-13-15-27(16-14-26)23-12-11-19(17-24)22(25-23)18-28(21-9-5-6-10-21)20-7-3-2-4-8-20/h2-4,7-8,11-12,21H,5-6,9-10,13-16,18H2,1H3. The lowest BCUT2D eigenvalue weighted by Gasteiger charge is -2.34. The topological polar surface area (TPSA) is 46.4 Å². The number of piperazine rings is 1. The fourth-order valence-electron chi connectivity index (χ4n) is 4.35. The number of likely N-dealkylation sites (N-methyl/N-ethyl adjacent to an activating group) is 1. The summed E-state index contributed by atoms with van der Waals surface area (Å²) in [4.78, 5) is 12.1. The molecule has 0 spiro atoms. The van der Waals surface area contributed by atoms with Crippen molar-refractivity contribution in [1.29, 1.82) is 5.26 Å². The van der Waals surface area contributed by atoms with E-state index in [9.17, 15) is 5.26 Å². The molecule has 0 radical (unpaired) electrons. The number of benzene rings is 1. The molecule has 146 valence electrons. The SMILES string of the molecule is CN1CCN(c2ccc(C#N)c(CN(c3ccccc3)C3CCCC3)n2)CC1. The summed E-state index contributed by atoms with van der Waals surface area (Å²) in [6, 6.07) is 17.5. The number of anilines is 2. The molecular weight excluding hydrogens is 346 g/mol. The third-order valence-corrected chi connectivity index (χ3v) is 6.08. The molecule has 0 atom stereocenters. The van der Waals surface area contributed by atoms with Crippen LogP contribution in [0.2, 0.25) is 0 Å². The van der Waals surface area contributed by atoms with E-state index in [2.05, 4.69) is 58.1 Å². The van der Waals surface area contributed by atoms with Gasteiger partial charge in [-0.2, -0.15) is 5.26 Å². The molecule has 0 amide bonds. The van der Waals surface area contributed by atoms with Crippen molar-refractivity contribution in [3.05, 3.63) is 53.7 Å². The molecule has 1 aliphatic heterocycles. The first-order valence-corrected chi connectivity index (χ1v) is 10.4. The Labute approximate surface area is 168 Å². The van der Waals surface area contributed by atoms with Crippen molar-refractivity contribution in [2.75, 3.05) is 43.0 Å². The smallest absolute Gasteiger partial charge is 0.129 e. The molecular formula is C23H29N5. The Morgan fingerprint density at radius 2 is 1.75 bits per heavy atom. The Morgan fingerprint density at radius 1 is 1.04 bits per heavy atom. The second kappa shape index (κ2) is 8.62. The van der Waals surface area contributed by atoms with Gasteiger partial charge in [0.1, 0.15) is 11.9 Å².